The van der Waals surface area contributed by atoms with E-state index in [-0.39, 0.29) is 23.8 Å². The second kappa shape index (κ2) is 6.15. The van der Waals surface area contributed by atoms with Gasteiger partial charge in [0.05, 0.1) is 18.2 Å². The summed E-state index contributed by atoms with van der Waals surface area (Å²) in [5.74, 6) is 0.232. The van der Waals surface area contributed by atoms with Crippen LogP contribution in [0.2, 0.25) is 0 Å². The lowest BCUT2D eigenvalue weighted by Gasteiger charge is -2.38. The third-order valence-corrected chi connectivity index (χ3v) is 5.15. The average Bonchev–Trinajstić information content (AvgIpc) is 3.18. The maximum atomic E-state index is 12.9. The van der Waals surface area contributed by atoms with Crippen LogP contribution in [0.3, 0.4) is 0 Å². The molecule has 0 bridgehead atoms. The fourth-order valence-electron chi connectivity index (χ4n) is 3.82. The van der Waals surface area contributed by atoms with Gasteiger partial charge in [0.15, 0.2) is 0 Å². The zero-order valence-corrected chi connectivity index (χ0v) is 12.9. The predicted octanol–water partition coefficient (Wildman–Crippen LogP) is 3.08. The smallest absolute Gasteiger partial charge is 0.306 e. The van der Waals surface area contributed by atoms with E-state index >= 15 is 0 Å². The Hall–Kier alpha value is -1.78. The fourth-order valence-corrected chi connectivity index (χ4v) is 3.82. The Morgan fingerprint density at radius 3 is 2.64 bits per heavy atom. The number of hydrogen-bond acceptors (Lipinski definition) is 3. The molecule has 0 aromatic carbocycles. The van der Waals surface area contributed by atoms with Gasteiger partial charge >= 0.3 is 5.97 Å². The van der Waals surface area contributed by atoms with Gasteiger partial charge in [-0.15, -0.1) is 0 Å². The van der Waals surface area contributed by atoms with Crippen molar-refractivity contribution in [1.82, 2.24) is 4.90 Å². The highest BCUT2D eigenvalue weighted by Crippen LogP contribution is 2.39. The maximum absolute atomic E-state index is 12.9. The summed E-state index contributed by atoms with van der Waals surface area (Å²) in [7, 11) is 0. The first-order valence-corrected chi connectivity index (χ1v) is 8.13. The number of piperidine rings is 1. The zero-order chi connectivity index (χ0) is 15.7. The number of likely N-dealkylation sites (tertiary alicyclic amines) is 1. The van der Waals surface area contributed by atoms with Crippen LogP contribution in [0.4, 0.5) is 0 Å². The van der Waals surface area contributed by atoms with Crippen molar-refractivity contribution in [2.24, 2.45) is 17.8 Å². The molecule has 1 aliphatic carbocycles. The highest BCUT2D eigenvalue weighted by atomic mass is 16.4. The third kappa shape index (κ3) is 2.89. The van der Waals surface area contributed by atoms with Crippen LogP contribution in [-0.4, -0.2) is 28.4 Å². The zero-order valence-electron chi connectivity index (χ0n) is 12.9. The van der Waals surface area contributed by atoms with Crippen molar-refractivity contribution in [2.75, 3.05) is 6.54 Å². The van der Waals surface area contributed by atoms with Gasteiger partial charge in [0.1, 0.15) is 5.76 Å². The number of carboxylic acids is 1. The SMILES string of the molecule is CC1CCN(C(=O)[C@@H]2CC[C@H](C(=O)O)C2)C(c2ccco2)C1. The van der Waals surface area contributed by atoms with Crippen LogP contribution in [0.5, 0.6) is 0 Å². The summed E-state index contributed by atoms with van der Waals surface area (Å²) in [4.78, 5) is 25.9. The number of nitrogens with zero attached hydrogens (tertiary/aromatic N) is 1. The molecule has 4 atom stereocenters. The van der Waals surface area contributed by atoms with Crippen LogP contribution in [-0.2, 0) is 9.59 Å². The molecule has 2 heterocycles. The first-order chi connectivity index (χ1) is 10.6. The van der Waals surface area contributed by atoms with Gasteiger partial charge in [0.25, 0.3) is 0 Å². The Balaban J connectivity index is 1.74. The van der Waals surface area contributed by atoms with Crippen molar-refractivity contribution < 1.29 is 19.1 Å². The Labute approximate surface area is 130 Å². The van der Waals surface area contributed by atoms with Gasteiger partial charge in [0, 0.05) is 12.5 Å². The number of carbonyl (C=O) groups excluding carboxylic acids is 1. The summed E-state index contributed by atoms with van der Waals surface area (Å²) >= 11 is 0. The number of furan rings is 1. The molecule has 5 heteroatoms. The van der Waals surface area contributed by atoms with Crippen molar-refractivity contribution in [1.29, 1.82) is 0 Å². The van der Waals surface area contributed by atoms with Crippen molar-refractivity contribution in [3.63, 3.8) is 0 Å². The van der Waals surface area contributed by atoms with E-state index in [2.05, 4.69) is 6.92 Å². The van der Waals surface area contributed by atoms with E-state index < -0.39 is 5.97 Å². The highest BCUT2D eigenvalue weighted by Gasteiger charge is 2.40. The molecule has 3 rings (SSSR count). The molecule has 2 unspecified atom stereocenters. The van der Waals surface area contributed by atoms with Crippen molar-refractivity contribution >= 4 is 11.9 Å². The van der Waals surface area contributed by atoms with Gasteiger partial charge in [-0.1, -0.05) is 6.92 Å². The standard InChI is InChI=1S/C17H23NO4/c1-11-6-7-18(14(9-11)15-3-2-8-22-15)16(19)12-4-5-13(10-12)17(20)21/h2-3,8,11-14H,4-7,9-10H2,1H3,(H,20,21)/t11?,12-,13+,14?/m1/s1. The molecule has 0 radical (unpaired) electrons. The lowest BCUT2D eigenvalue weighted by Crippen LogP contribution is -2.43. The summed E-state index contributed by atoms with van der Waals surface area (Å²) in [5, 5.41) is 9.12. The van der Waals surface area contributed by atoms with E-state index in [1.807, 2.05) is 17.0 Å². The molecule has 120 valence electrons. The Morgan fingerprint density at radius 1 is 1.23 bits per heavy atom. The number of hydrogen-bond donors (Lipinski definition) is 1. The predicted molar refractivity (Wildman–Crippen MR) is 80.0 cm³/mol. The molecule has 1 aliphatic heterocycles. The topological polar surface area (TPSA) is 70.8 Å². The molecular formula is C17H23NO4. The van der Waals surface area contributed by atoms with Gasteiger partial charge in [-0.05, 0) is 50.2 Å². The van der Waals surface area contributed by atoms with E-state index in [1.54, 1.807) is 6.26 Å². The molecule has 2 fully saturated rings. The van der Waals surface area contributed by atoms with Crippen LogP contribution in [0.1, 0.15) is 50.8 Å². The molecule has 1 saturated heterocycles. The minimum atomic E-state index is -0.773. The lowest BCUT2D eigenvalue weighted by molar-refractivity contribution is -0.142. The van der Waals surface area contributed by atoms with E-state index in [0.717, 1.165) is 25.1 Å². The molecule has 0 spiro atoms. The molecule has 1 N–H and O–H groups in total. The molecule has 5 nitrogen and oxygen atoms in total. The first-order valence-electron chi connectivity index (χ1n) is 8.13. The van der Waals surface area contributed by atoms with Gasteiger partial charge in [-0.25, -0.2) is 0 Å². The second-order valence-electron chi connectivity index (χ2n) is 6.74. The fraction of sp³-hybridized carbons (Fsp3) is 0.647. The van der Waals surface area contributed by atoms with E-state index in [9.17, 15) is 9.59 Å². The van der Waals surface area contributed by atoms with Crippen LogP contribution >= 0.6 is 0 Å². The monoisotopic (exact) mass is 305 g/mol. The minimum Gasteiger partial charge on any atom is -0.481 e. The van der Waals surface area contributed by atoms with Crippen LogP contribution in [0.15, 0.2) is 22.8 Å². The van der Waals surface area contributed by atoms with Crippen LogP contribution < -0.4 is 0 Å². The van der Waals surface area contributed by atoms with Gasteiger partial charge < -0.3 is 14.4 Å². The molecule has 2 aliphatic rings. The Bertz CT molecular complexity index is 539. The summed E-state index contributed by atoms with van der Waals surface area (Å²) in [6.45, 7) is 2.94. The second-order valence-corrected chi connectivity index (χ2v) is 6.74. The van der Waals surface area contributed by atoms with Gasteiger partial charge in [0.2, 0.25) is 5.91 Å². The Morgan fingerprint density at radius 2 is 2.00 bits per heavy atom. The van der Waals surface area contributed by atoms with E-state index in [4.69, 9.17) is 9.52 Å². The van der Waals surface area contributed by atoms with E-state index in [1.165, 1.54) is 0 Å². The van der Waals surface area contributed by atoms with Crippen molar-refractivity contribution in [3.8, 4) is 0 Å². The summed E-state index contributed by atoms with van der Waals surface area (Å²) in [5.41, 5.74) is 0. The van der Waals surface area contributed by atoms with Crippen molar-refractivity contribution in [2.45, 2.75) is 45.1 Å². The summed E-state index contributed by atoms with van der Waals surface area (Å²) in [6, 6.07) is 3.78. The molecule has 1 aromatic rings. The Kier molecular flexibility index (Phi) is 4.23. The number of carboxylic acid groups (broad SMARTS) is 1. The highest BCUT2D eigenvalue weighted by molar-refractivity contribution is 5.81. The first kappa shape index (κ1) is 15.1. The molecule has 1 amide bonds. The molecule has 22 heavy (non-hydrogen) atoms. The van der Waals surface area contributed by atoms with E-state index in [0.29, 0.717) is 25.2 Å². The van der Waals surface area contributed by atoms with Gasteiger partial charge in [-0.3, -0.25) is 9.59 Å². The minimum absolute atomic E-state index is 0.00451. The molecule has 1 saturated carbocycles. The molecular weight excluding hydrogens is 282 g/mol. The quantitative estimate of drug-likeness (QED) is 0.931. The summed E-state index contributed by atoms with van der Waals surface area (Å²) < 4.78 is 5.54. The normalized spacial score (nSPS) is 32.1. The number of rotatable bonds is 3. The van der Waals surface area contributed by atoms with Crippen LogP contribution in [0.25, 0.3) is 0 Å². The maximum Gasteiger partial charge on any atom is 0.306 e. The van der Waals surface area contributed by atoms with Crippen LogP contribution in [0, 0.1) is 17.8 Å². The number of aliphatic carboxylic acids is 1. The third-order valence-electron chi connectivity index (χ3n) is 5.15. The number of amides is 1. The van der Waals surface area contributed by atoms with Crippen molar-refractivity contribution in [3.05, 3.63) is 24.2 Å². The molecule has 1 aromatic heterocycles. The van der Waals surface area contributed by atoms with Gasteiger partial charge in [-0.2, -0.15) is 0 Å². The number of carbonyl (C=O) groups is 2. The lowest BCUT2D eigenvalue weighted by atomic mass is 9.89. The summed E-state index contributed by atoms with van der Waals surface area (Å²) in [6.07, 6.45) is 5.33. The average molecular weight is 305 g/mol. The largest absolute Gasteiger partial charge is 0.481 e.